The van der Waals surface area contributed by atoms with Crippen molar-refractivity contribution in [1.82, 2.24) is 0 Å². The monoisotopic (exact) mass is 238 g/mol. The van der Waals surface area contributed by atoms with Gasteiger partial charge < -0.3 is 19.7 Å². The molecule has 1 aliphatic carbocycles. The molecule has 0 saturated carbocycles. The van der Waals surface area contributed by atoms with Gasteiger partial charge in [0, 0.05) is 18.1 Å². The molecule has 0 fully saturated rings. The van der Waals surface area contributed by atoms with Gasteiger partial charge in [0.15, 0.2) is 11.5 Å². The van der Waals surface area contributed by atoms with Crippen LogP contribution >= 0.6 is 0 Å². The van der Waals surface area contributed by atoms with E-state index < -0.39 is 0 Å². The Balaban J connectivity index is 2.51. The predicted molar refractivity (Wildman–Crippen MR) is 63.7 cm³/mol. The summed E-state index contributed by atoms with van der Waals surface area (Å²) in [5.74, 6) is 1.35. The SMILES string of the molecule is COc1ccc2c(c1OC)[C@@H](CO)[C@H](CO)C2. The zero-order chi connectivity index (χ0) is 12.4. The molecule has 0 aliphatic heterocycles. The maximum atomic E-state index is 9.49. The summed E-state index contributed by atoms with van der Waals surface area (Å²) in [5.41, 5.74) is 2.11. The number of methoxy groups -OCH3 is 2. The van der Waals surface area contributed by atoms with Crippen molar-refractivity contribution in [2.75, 3.05) is 27.4 Å². The van der Waals surface area contributed by atoms with Gasteiger partial charge in [0.1, 0.15) is 0 Å². The Morgan fingerprint density at radius 3 is 2.47 bits per heavy atom. The third kappa shape index (κ3) is 1.87. The zero-order valence-corrected chi connectivity index (χ0v) is 10.1. The lowest BCUT2D eigenvalue weighted by molar-refractivity contribution is 0.168. The number of hydrogen-bond donors (Lipinski definition) is 2. The Morgan fingerprint density at radius 2 is 1.94 bits per heavy atom. The molecular formula is C13H18O4. The van der Waals surface area contributed by atoms with Crippen molar-refractivity contribution >= 4 is 0 Å². The van der Waals surface area contributed by atoms with E-state index in [9.17, 15) is 10.2 Å². The quantitative estimate of drug-likeness (QED) is 0.819. The molecule has 0 radical (unpaired) electrons. The van der Waals surface area contributed by atoms with Gasteiger partial charge >= 0.3 is 0 Å². The molecule has 0 spiro atoms. The third-order valence-corrected chi connectivity index (χ3v) is 3.53. The van der Waals surface area contributed by atoms with Crippen molar-refractivity contribution in [3.63, 3.8) is 0 Å². The zero-order valence-electron chi connectivity index (χ0n) is 10.1. The highest BCUT2D eigenvalue weighted by Gasteiger charge is 2.35. The van der Waals surface area contributed by atoms with Crippen LogP contribution in [0.15, 0.2) is 12.1 Å². The molecule has 0 amide bonds. The Labute approximate surface area is 101 Å². The van der Waals surface area contributed by atoms with Crippen molar-refractivity contribution in [3.05, 3.63) is 23.3 Å². The summed E-state index contributed by atoms with van der Waals surface area (Å²) in [5, 5.41) is 18.8. The first-order valence-corrected chi connectivity index (χ1v) is 5.72. The Hall–Kier alpha value is -1.26. The second-order valence-corrected chi connectivity index (χ2v) is 4.31. The average Bonchev–Trinajstić information content (AvgIpc) is 2.74. The number of fused-ring (bicyclic) bond motifs is 1. The molecule has 0 saturated heterocycles. The standard InChI is InChI=1S/C13H18O4/c1-16-11-4-3-8-5-9(6-14)10(7-15)12(8)13(11)17-2/h3-4,9-10,14-15H,5-7H2,1-2H3/t9-,10-/m0/s1. The molecule has 2 N–H and O–H groups in total. The second kappa shape index (κ2) is 4.94. The largest absolute Gasteiger partial charge is 0.493 e. The molecule has 2 atom stereocenters. The lowest BCUT2D eigenvalue weighted by Crippen LogP contribution is -2.16. The van der Waals surface area contributed by atoms with Gasteiger partial charge in [-0.25, -0.2) is 0 Å². The minimum Gasteiger partial charge on any atom is -0.493 e. The number of hydrogen-bond acceptors (Lipinski definition) is 4. The van der Waals surface area contributed by atoms with Gasteiger partial charge in [-0.15, -0.1) is 0 Å². The van der Waals surface area contributed by atoms with E-state index in [0.717, 1.165) is 17.5 Å². The maximum Gasteiger partial charge on any atom is 0.164 e. The number of rotatable bonds is 4. The highest BCUT2D eigenvalue weighted by atomic mass is 16.5. The fraction of sp³-hybridized carbons (Fsp3) is 0.538. The molecule has 0 bridgehead atoms. The van der Waals surface area contributed by atoms with Crippen molar-refractivity contribution in [3.8, 4) is 11.5 Å². The molecule has 1 aromatic rings. The van der Waals surface area contributed by atoms with Crippen LogP contribution in [0.1, 0.15) is 17.0 Å². The first-order chi connectivity index (χ1) is 8.26. The van der Waals surface area contributed by atoms with Crippen molar-refractivity contribution < 1.29 is 19.7 Å². The summed E-state index contributed by atoms with van der Waals surface area (Å²) in [7, 11) is 3.19. The number of benzene rings is 1. The van der Waals surface area contributed by atoms with Crippen LogP contribution in [0.4, 0.5) is 0 Å². The van der Waals surface area contributed by atoms with E-state index in [1.165, 1.54) is 0 Å². The Kier molecular flexibility index (Phi) is 3.54. The van der Waals surface area contributed by atoms with E-state index in [2.05, 4.69) is 0 Å². The third-order valence-electron chi connectivity index (χ3n) is 3.53. The van der Waals surface area contributed by atoms with Crippen LogP contribution in [0.3, 0.4) is 0 Å². The van der Waals surface area contributed by atoms with Crippen molar-refractivity contribution in [2.24, 2.45) is 5.92 Å². The Morgan fingerprint density at radius 1 is 1.18 bits per heavy atom. The van der Waals surface area contributed by atoms with Gasteiger partial charge in [0.25, 0.3) is 0 Å². The number of aliphatic hydroxyl groups excluding tert-OH is 2. The molecule has 17 heavy (non-hydrogen) atoms. The first kappa shape index (κ1) is 12.2. The van der Waals surface area contributed by atoms with Crippen molar-refractivity contribution in [2.45, 2.75) is 12.3 Å². The smallest absolute Gasteiger partial charge is 0.164 e. The molecule has 4 heteroatoms. The van der Waals surface area contributed by atoms with Gasteiger partial charge in [0.2, 0.25) is 0 Å². The molecular weight excluding hydrogens is 220 g/mol. The molecule has 0 aromatic heterocycles. The fourth-order valence-corrected chi connectivity index (χ4v) is 2.67. The van der Waals surface area contributed by atoms with Gasteiger partial charge in [-0.3, -0.25) is 0 Å². The van der Waals surface area contributed by atoms with Crippen LogP contribution in [-0.4, -0.2) is 37.6 Å². The van der Waals surface area contributed by atoms with Gasteiger partial charge in [-0.2, -0.15) is 0 Å². The van der Waals surface area contributed by atoms with Crippen molar-refractivity contribution in [1.29, 1.82) is 0 Å². The highest BCUT2D eigenvalue weighted by molar-refractivity contribution is 5.55. The van der Waals surface area contributed by atoms with Crippen LogP contribution < -0.4 is 9.47 Å². The van der Waals surface area contributed by atoms with Crippen LogP contribution in [0.2, 0.25) is 0 Å². The van der Waals surface area contributed by atoms with E-state index in [-0.39, 0.29) is 25.0 Å². The van der Waals surface area contributed by atoms with E-state index >= 15 is 0 Å². The lowest BCUT2D eigenvalue weighted by atomic mass is 9.93. The van der Waals surface area contributed by atoms with E-state index in [1.807, 2.05) is 12.1 Å². The molecule has 94 valence electrons. The van der Waals surface area contributed by atoms with Crippen LogP contribution in [0, 0.1) is 5.92 Å². The minimum absolute atomic E-state index is 0.0156. The molecule has 0 heterocycles. The summed E-state index contributed by atoms with van der Waals surface area (Å²) < 4.78 is 10.6. The predicted octanol–water partition coefficient (Wildman–Crippen LogP) is 0.944. The van der Waals surface area contributed by atoms with Crippen LogP contribution in [0.25, 0.3) is 0 Å². The first-order valence-electron chi connectivity index (χ1n) is 5.72. The van der Waals surface area contributed by atoms with Crippen LogP contribution in [0.5, 0.6) is 11.5 Å². The van der Waals surface area contributed by atoms with Gasteiger partial charge in [-0.1, -0.05) is 6.07 Å². The summed E-state index contributed by atoms with van der Waals surface area (Å²) in [6, 6.07) is 3.85. The number of aliphatic hydroxyl groups is 2. The molecule has 1 aliphatic rings. The number of ether oxygens (including phenoxy) is 2. The molecule has 1 aromatic carbocycles. The summed E-state index contributed by atoms with van der Waals surface area (Å²) in [4.78, 5) is 0. The van der Waals surface area contributed by atoms with E-state index in [0.29, 0.717) is 11.5 Å². The summed E-state index contributed by atoms with van der Waals surface area (Å²) in [6.45, 7) is 0.0904. The normalized spacial score (nSPS) is 22.4. The highest BCUT2D eigenvalue weighted by Crippen LogP contribution is 2.46. The lowest BCUT2D eigenvalue weighted by Gasteiger charge is -2.18. The minimum atomic E-state index is -0.0694. The van der Waals surface area contributed by atoms with E-state index in [4.69, 9.17) is 9.47 Å². The molecule has 4 nitrogen and oxygen atoms in total. The summed E-state index contributed by atoms with van der Waals surface area (Å²) in [6.07, 6.45) is 0.775. The van der Waals surface area contributed by atoms with Gasteiger partial charge in [-0.05, 0) is 24.0 Å². The molecule has 2 rings (SSSR count). The van der Waals surface area contributed by atoms with E-state index in [1.54, 1.807) is 14.2 Å². The summed E-state index contributed by atoms with van der Waals surface area (Å²) >= 11 is 0. The second-order valence-electron chi connectivity index (χ2n) is 4.31. The van der Waals surface area contributed by atoms with Gasteiger partial charge in [0.05, 0.1) is 20.8 Å². The van der Waals surface area contributed by atoms with Crippen LogP contribution in [-0.2, 0) is 6.42 Å². The Bertz CT molecular complexity index is 403. The topological polar surface area (TPSA) is 58.9 Å². The molecule has 0 unspecified atom stereocenters. The maximum absolute atomic E-state index is 9.49. The fourth-order valence-electron chi connectivity index (χ4n) is 2.67. The average molecular weight is 238 g/mol.